The van der Waals surface area contributed by atoms with E-state index in [4.69, 9.17) is 0 Å². The SMILES string of the molecule is Cn1ccc(C(C)(C)Cc2cc(C(C)(C)C)n[nH]2)n1. The summed E-state index contributed by atoms with van der Waals surface area (Å²) in [7, 11) is 1.95. The van der Waals surface area contributed by atoms with Crippen molar-refractivity contribution < 1.29 is 0 Å². The molecule has 19 heavy (non-hydrogen) atoms. The van der Waals surface area contributed by atoms with E-state index in [9.17, 15) is 0 Å². The molecule has 0 spiro atoms. The minimum absolute atomic E-state index is 0.00292. The lowest BCUT2D eigenvalue weighted by Gasteiger charge is -2.21. The monoisotopic (exact) mass is 260 g/mol. The van der Waals surface area contributed by atoms with Crippen molar-refractivity contribution in [3.63, 3.8) is 0 Å². The van der Waals surface area contributed by atoms with Gasteiger partial charge in [-0.15, -0.1) is 0 Å². The molecule has 0 bridgehead atoms. The summed E-state index contributed by atoms with van der Waals surface area (Å²) in [4.78, 5) is 0. The van der Waals surface area contributed by atoms with E-state index in [0.29, 0.717) is 0 Å². The molecular weight excluding hydrogens is 236 g/mol. The van der Waals surface area contributed by atoms with E-state index in [2.05, 4.69) is 62.0 Å². The van der Waals surface area contributed by atoms with Crippen LogP contribution >= 0.6 is 0 Å². The summed E-state index contributed by atoms with van der Waals surface area (Å²) in [5, 5.41) is 12.1. The number of aromatic amines is 1. The van der Waals surface area contributed by atoms with Crippen LogP contribution in [0.4, 0.5) is 0 Å². The fourth-order valence-electron chi connectivity index (χ4n) is 2.18. The fraction of sp³-hybridized carbons (Fsp3) is 0.600. The lowest BCUT2D eigenvalue weighted by Crippen LogP contribution is -2.21. The van der Waals surface area contributed by atoms with Gasteiger partial charge in [-0.25, -0.2) is 0 Å². The second-order valence-electron chi connectivity index (χ2n) is 6.96. The molecule has 0 aromatic carbocycles. The van der Waals surface area contributed by atoms with Crippen LogP contribution in [0.2, 0.25) is 0 Å². The molecule has 0 saturated heterocycles. The minimum atomic E-state index is 0.00292. The summed E-state index contributed by atoms with van der Waals surface area (Å²) < 4.78 is 1.85. The number of hydrogen-bond acceptors (Lipinski definition) is 2. The van der Waals surface area contributed by atoms with Gasteiger partial charge in [-0.1, -0.05) is 34.6 Å². The van der Waals surface area contributed by atoms with Gasteiger partial charge in [0.05, 0.1) is 11.4 Å². The topological polar surface area (TPSA) is 46.5 Å². The van der Waals surface area contributed by atoms with Crippen molar-refractivity contribution in [2.45, 2.75) is 51.9 Å². The molecule has 2 aromatic heterocycles. The predicted molar refractivity (Wildman–Crippen MR) is 77.2 cm³/mol. The van der Waals surface area contributed by atoms with Crippen LogP contribution in [0.3, 0.4) is 0 Å². The first-order chi connectivity index (χ1) is 8.68. The fourth-order valence-corrected chi connectivity index (χ4v) is 2.18. The van der Waals surface area contributed by atoms with Gasteiger partial charge in [0, 0.05) is 29.8 Å². The third-order valence-electron chi connectivity index (χ3n) is 3.44. The normalized spacial score (nSPS) is 12.9. The van der Waals surface area contributed by atoms with Crippen molar-refractivity contribution in [2.24, 2.45) is 7.05 Å². The molecule has 0 atom stereocenters. The van der Waals surface area contributed by atoms with E-state index >= 15 is 0 Å². The first-order valence-electron chi connectivity index (χ1n) is 6.73. The molecule has 0 aliphatic heterocycles. The number of nitrogens with zero attached hydrogens (tertiary/aromatic N) is 3. The van der Waals surface area contributed by atoms with E-state index in [-0.39, 0.29) is 10.8 Å². The van der Waals surface area contributed by atoms with Crippen LogP contribution in [0.15, 0.2) is 18.3 Å². The molecule has 0 radical (unpaired) electrons. The average Bonchev–Trinajstić information content (AvgIpc) is 2.85. The molecule has 2 rings (SSSR count). The van der Waals surface area contributed by atoms with Gasteiger partial charge in [-0.3, -0.25) is 9.78 Å². The largest absolute Gasteiger partial charge is 0.282 e. The van der Waals surface area contributed by atoms with Gasteiger partial charge in [0.2, 0.25) is 0 Å². The molecule has 2 aromatic rings. The third-order valence-corrected chi connectivity index (χ3v) is 3.44. The van der Waals surface area contributed by atoms with Crippen molar-refractivity contribution >= 4 is 0 Å². The zero-order chi connectivity index (χ0) is 14.3. The van der Waals surface area contributed by atoms with Gasteiger partial charge in [0.25, 0.3) is 0 Å². The zero-order valence-corrected chi connectivity index (χ0v) is 12.8. The maximum atomic E-state index is 4.52. The Morgan fingerprint density at radius 1 is 1.16 bits per heavy atom. The van der Waals surface area contributed by atoms with Gasteiger partial charge in [-0.05, 0) is 18.6 Å². The van der Waals surface area contributed by atoms with Gasteiger partial charge in [0.15, 0.2) is 0 Å². The Hall–Kier alpha value is -1.58. The molecular formula is C15H24N4. The summed E-state index contributed by atoms with van der Waals surface area (Å²) in [6, 6.07) is 4.26. The molecule has 0 fully saturated rings. The van der Waals surface area contributed by atoms with Crippen molar-refractivity contribution in [3.05, 3.63) is 35.4 Å². The van der Waals surface area contributed by atoms with Crippen LogP contribution in [0.5, 0.6) is 0 Å². The predicted octanol–water partition coefficient (Wildman–Crippen LogP) is 2.96. The molecule has 4 heteroatoms. The van der Waals surface area contributed by atoms with Gasteiger partial charge < -0.3 is 0 Å². The highest BCUT2D eigenvalue weighted by atomic mass is 15.2. The quantitative estimate of drug-likeness (QED) is 0.922. The Kier molecular flexibility index (Phi) is 3.29. The second-order valence-corrected chi connectivity index (χ2v) is 6.96. The highest BCUT2D eigenvalue weighted by Gasteiger charge is 2.26. The molecule has 2 heterocycles. The first-order valence-corrected chi connectivity index (χ1v) is 6.73. The number of aromatic nitrogens is 4. The molecule has 0 aliphatic rings. The molecule has 1 N–H and O–H groups in total. The molecule has 0 unspecified atom stereocenters. The van der Waals surface area contributed by atoms with Gasteiger partial charge in [0.1, 0.15) is 0 Å². The molecule has 0 amide bonds. The van der Waals surface area contributed by atoms with Gasteiger partial charge in [-0.2, -0.15) is 10.2 Å². The van der Waals surface area contributed by atoms with Crippen molar-refractivity contribution in [3.8, 4) is 0 Å². The lowest BCUT2D eigenvalue weighted by molar-refractivity contribution is 0.489. The minimum Gasteiger partial charge on any atom is -0.282 e. The van der Waals surface area contributed by atoms with E-state index in [1.54, 1.807) is 0 Å². The van der Waals surface area contributed by atoms with Crippen molar-refractivity contribution in [1.82, 2.24) is 20.0 Å². The number of aryl methyl sites for hydroxylation is 1. The number of rotatable bonds is 3. The Labute approximate surface area is 115 Å². The summed E-state index contributed by atoms with van der Waals surface area (Å²) >= 11 is 0. The van der Waals surface area contributed by atoms with E-state index in [1.165, 1.54) is 5.69 Å². The van der Waals surface area contributed by atoms with E-state index in [0.717, 1.165) is 17.8 Å². The van der Waals surface area contributed by atoms with E-state index in [1.807, 2.05) is 17.9 Å². The van der Waals surface area contributed by atoms with E-state index < -0.39 is 0 Å². The van der Waals surface area contributed by atoms with Crippen molar-refractivity contribution in [2.75, 3.05) is 0 Å². The van der Waals surface area contributed by atoms with Gasteiger partial charge >= 0.3 is 0 Å². The maximum Gasteiger partial charge on any atom is 0.0684 e. The lowest BCUT2D eigenvalue weighted by atomic mass is 9.84. The average molecular weight is 260 g/mol. The molecule has 0 aliphatic carbocycles. The summed E-state index contributed by atoms with van der Waals surface area (Å²) in [6.45, 7) is 11.0. The molecule has 104 valence electrons. The highest BCUT2D eigenvalue weighted by Crippen LogP contribution is 2.27. The van der Waals surface area contributed by atoms with Crippen molar-refractivity contribution in [1.29, 1.82) is 0 Å². The number of nitrogens with one attached hydrogen (secondary N) is 1. The Morgan fingerprint density at radius 3 is 2.32 bits per heavy atom. The van der Waals surface area contributed by atoms with Crippen LogP contribution in [0.25, 0.3) is 0 Å². The number of H-pyrrole nitrogens is 1. The van der Waals surface area contributed by atoms with Crippen LogP contribution in [0, 0.1) is 0 Å². The Bertz CT molecular complexity index is 555. The number of hydrogen-bond donors (Lipinski definition) is 1. The Balaban J connectivity index is 2.18. The molecule has 0 saturated carbocycles. The third kappa shape index (κ3) is 3.06. The molecule has 4 nitrogen and oxygen atoms in total. The summed E-state index contributed by atoms with van der Waals surface area (Å²) in [5.41, 5.74) is 3.48. The van der Waals surface area contributed by atoms with Crippen LogP contribution in [-0.4, -0.2) is 20.0 Å². The van der Waals surface area contributed by atoms with Crippen LogP contribution in [-0.2, 0) is 24.3 Å². The highest BCUT2D eigenvalue weighted by molar-refractivity contribution is 5.21. The second kappa shape index (κ2) is 4.51. The summed E-state index contributed by atoms with van der Waals surface area (Å²) in [6.07, 6.45) is 2.90. The van der Waals surface area contributed by atoms with Crippen LogP contribution < -0.4 is 0 Å². The smallest absolute Gasteiger partial charge is 0.0684 e. The Morgan fingerprint density at radius 2 is 1.84 bits per heavy atom. The first kappa shape index (κ1) is 13.8. The zero-order valence-electron chi connectivity index (χ0n) is 12.8. The maximum absolute atomic E-state index is 4.52. The summed E-state index contributed by atoms with van der Waals surface area (Å²) in [5.74, 6) is 0. The standard InChI is InChI=1S/C15H24N4/c1-14(2,3)13-9-11(16-17-13)10-15(4,5)12-7-8-19(6)18-12/h7-9H,10H2,1-6H3,(H,16,17). The van der Waals surface area contributed by atoms with Crippen LogP contribution in [0.1, 0.15) is 51.7 Å².